The number of methoxy groups -OCH3 is 1. The SMILES string of the molecule is COc1cc(C(C)(C)C)c(O)cc1C(=O)CCN. The molecular weight excluding hydrogens is 230 g/mol. The van der Waals surface area contributed by atoms with Gasteiger partial charge in [-0.25, -0.2) is 0 Å². The van der Waals surface area contributed by atoms with Gasteiger partial charge in [0.05, 0.1) is 12.7 Å². The first-order valence-electron chi connectivity index (χ1n) is 5.96. The van der Waals surface area contributed by atoms with Crippen LogP contribution in [0.5, 0.6) is 11.5 Å². The molecule has 1 rings (SSSR count). The van der Waals surface area contributed by atoms with Crippen molar-refractivity contribution in [2.75, 3.05) is 13.7 Å². The van der Waals surface area contributed by atoms with E-state index >= 15 is 0 Å². The Morgan fingerprint density at radius 1 is 1.39 bits per heavy atom. The number of rotatable bonds is 4. The van der Waals surface area contributed by atoms with Crippen LogP contribution in [0.1, 0.15) is 43.1 Å². The van der Waals surface area contributed by atoms with E-state index in [0.717, 1.165) is 5.56 Å². The van der Waals surface area contributed by atoms with Crippen LogP contribution in [0.2, 0.25) is 0 Å². The summed E-state index contributed by atoms with van der Waals surface area (Å²) in [6.45, 7) is 6.25. The third kappa shape index (κ3) is 3.01. The number of ketones is 1. The summed E-state index contributed by atoms with van der Waals surface area (Å²) in [5.74, 6) is 0.477. The summed E-state index contributed by atoms with van der Waals surface area (Å²) in [6, 6.07) is 3.19. The maximum atomic E-state index is 11.9. The lowest BCUT2D eigenvalue weighted by atomic mass is 9.85. The molecule has 0 unspecified atom stereocenters. The minimum atomic E-state index is -0.215. The van der Waals surface area contributed by atoms with Gasteiger partial charge >= 0.3 is 0 Å². The van der Waals surface area contributed by atoms with Crippen LogP contribution < -0.4 is 10.5 Å². The molecular formula is C14H21NO3. The average molecular weight is 251 g/mol. The molecule has 0 saturated carbocycles. The zero-order valence-corrected chi connectivity index (χ0v) is 11.4. The fourth-order valence-corrected chi connectivity index (χ4v) is 1.82. The zero-order chi connectivity index (χ0) is 13.9. The molecule has 18 heavy (non-hydrogen) atoms. The van der Waals surface area contributed by atoms with Gasteiger partial charge in [0.15, 0.2) is 5.78 Å². The van der Waals surface area contributed by atoms with Gasteiger partial charge in [0, 0.05) is 12.0 Å². The van der Waals surface area contributed by atoms with Crippen LogP contribution in [0.3, 0.4) is 0 Å². The highest BCUT2D eigenvalue weighted by Gasteiger charge is 2.22. The normalized spacial score (nSPS) is 11.4. The Morgan fingerprint density at radius 2 is 2.00 bits per heavy atom. The molecule has 0 radical (unpaired) electrons. The van der Waals surface area contributed by atoms with Gasteiger partial charge in [-0.15, -0.1) is 0 Å². The molecule has 1 aromatic carbocycles. The van der Waals surface area contributed by atoms with Crippen LogP contribution in [0.15, 0.2) is 12.1 Å². The summed E-state index contributed by atoms with van der Waals surface area (Å²) in [6.07, 6.45) is 0.241. The van der Waals surface area contributed by atoms with Crippen LogP contribution in [0.25, 0.3) is 0 Å². The number of Topliss-reactive ketones (excluding diaryl/α,β-unsaturated/α-hetero) is 1. The topological polar surface area (TPSA) is 72.5 Å². The van der Waals surface area contributed by atoms with E-state index in [1.807, 2.05) is 20.8 Å². The van der Waals surface area contributed by atoms with Crippen molar-refractivity contribution in [2.45, 2.75) is 32.6 Å². The molecule has 1 aromatic rings. The van der Waals surface area contributed by atoms with Crippen molar-refractivity contribution in [3.05, 3.63) is 23.3 Å². The number of hydrogen-bond acceptors (Lipinski definition) is 4. The van der Waals surface area contributed by atoms with E-state index in [2.05, 4.69) is 0 Å². The van der Waals surface area contributed by atoms with Crippen LogP contribution >= 0.6 is 0 Å². The van der Waals surface area contributed by atoms with Crippen molar-refractivity contribution >= 4 is 5.78 Å². The van der Waals surface area contributed by atoms with Crippen molar-refractivity contribution in [1.82, 2.24) is 0 Å². The van der Waals surface area contributed by atoms with Gasteiger partial charge in [0.25, 0.3) is 0 Å². The van der Waals surface area contributed by atoms with Crippen LogP contribution in [-0.2, 0) is 5.41 Å². The molecule has 0 aliphatic rings. The van der Waals surface area contributed by atoms with E-state index in [1.165, 1.54) is 13.2 Å². The number of ether oxygens (including phenoxy) is 1. The first kappa shape index (κ1) is 14.5. The zero-order valence-electron chi connectivity index (χ0n) is 11.4. The number of carbonyl (C=O) groups is 1. The van der Waals surface area contributed by atoms with Gasteiger partial charge in [0.2, 0.25) is 0 Å². The van der Waals surface area contributed by atoms with Gasteiger partial charge in [-0.2, -0.15) is 0 Å². The van der Waals surface area contributed by atoms with Crippen molar-refractivity contribution in [2.24, 2.45) is 5.73 Å². The highest BCUT2D eigenvalue weighted by molar-refractivity contribution is 5.99. The van der Waals surface area contributed by atoms with Gasteiger partial charge in [-0.05, 0) is 24.1 Å². The van der Waals surface area contributed by atoms with E-state index in [4.69, 9.17) is 10.5 Å². The average Bonchev–Trinajstić information content (AvgIpc) is 2.27. The number of phenols is 1. The quantitative estimate of drug-likeness (QED) is 0.805. The third-order valence-corrected chi connectivity index (χ3v) is 2.80. The molecule has 0 bridgehead atoms. The number of carbonyl (C=O) groups excluding carboxylic acids is 1. The second-order valence-electron chi connectivity index (χ2n) is 5.28. The molecule has 0 aliphatic heterocycles. The molecule has 0 aliphatic carbocycles. The number of aromatic hydroxyl groups is 1. The molecule has 0 fully saturated rings. The van der Waals surface area contributed by atoms with Crippen molar-refractivity contribution in [1.29, 1.82) is 0 Å². The van der Waals surface area contributed by atoms with E-state index in [1.54, 1.807) is 6.07 Å². The maximum absolute atomic E-state index is 11.9. The number of hydrogen-bond donors (Lipinski definition) is 2. The van der Waals surface area contributed by atoms with Crippen molar-refractivity contribution in [3.63, 3.8) is 0 Å². The fraction of sp³-hybridized carbons (Fsp3) is 0.500. The Balaban J connectivity index is 3.32. The number of nitrogens with two attached hydrogens (primary N) is 1. The van der Waals surface area contributed by atoms with Gasteiger partial charge < -0.3 is 15.6 Å². The summed E-state index contributed by atoms with van der Waals surface area (Å²) in [5, 5.41) is 10.0. The Bertz CT molecular complexity index is 447. The molecule has 0 amide bonds. The molecule has 100 valence electrons. The van der Waals surface area contributed by atoms with E-state index in [0.29, 0.717) is 11.3 Å². The molecule has 4 nitrogen and oxygen atoms in total. The molecule has 0 heterocycles. The first-order valence-corrected chi connectivity index (χ1v) is 5.96. The predicted molar refractivity (Wildman–Crippen MR) is 71.4 cm³/mol. The molecule has 4 heteroatoms. The predicted octanol–water partition coefficient (Wildman–Crippen LogP) is 2.23. The Kier molecular flexibility index (Phi) is 4.35. The van der Waals surface area contributed by atoms with Crippen LogP contribution in [0, 0.1) is 0 Å². The molecule has 0 atom stereocenters. The summed E-state index contributed by atoms with van der Waals surface area (Å²) in [5.41, 5.74) is 6.29. The summed E-state index contributed by atoms with van der Waals surface area (Å²) in [4.78, 5) is 11.9. The van der Waals surface area contributed by atoms with Gasteiger partial charge in [0.1, 0.15) is 11.5 Å². The number of phenolic OH excluding ortho intramolecular Hbond substituents is 1. The minimum absolute atomic E-state index is 0.115. The van der Waals surface area contributed by atoms with Crippen molar-refractivity contribution in [3.8, 4) is 11.5 Å². The Hall–Kier alpha value is -1.55. The molecule has 0 saturated heterocycles. The molecule has 0 spiro atoms. The fourth-order valence-electron chi connectivity index (χ4n) is 1.82. The van der Waals surface area contributed by atoms with Crippen LogP contribution in [0.4, 0.5) is 0 Å². The lowest BCUT2D eigenvalue weighted by Gasteiger charge is -2.22. The highest BCUT2D eigenvalue weighted by atomic mass is 16.5. The largest absolute Gasteiger partial charge is 0.508 e. The second-order valence-corrected chi connectivity index (χ2v) is 5.28. The highest BCUT2D eigenvalue weighted by Crippen LogP contribution is 2.36. The standard InChI is InChI=1S/C14H21NO3/c1-14(2,3)10-8-13(18-4)9(7-12(10)17)11(16)5-6-15/h7-8,17H,5-6,15H2,1-4H3. The Morgan fingerprint density at radius 3 is 2.44 bits per heavy atom. The Labute approximate surface area is 108 Å². The first-order chi connectivity index (χ1) is 8.31. The molecule has 0 aromatic heterocycles. The summed E-state index contributed by atoms with van der Waals surface area (Å²) < 4.78 is 5.23. The van der Waals surface area contributed by atoms with Gasteiger partial charge in [-0.3, -0.25) is 4.79 Å². The monoisotopic (exact) mass is 251 g/mol. The summed E-state index contributed by atoms with van der Waals surface area (Å²) >= 11 is 0. The molecule has 3 N–H and O–H groups in total. The third-order valence-electron chi connectivity index (χ3n) is 2.80. The number of benzene rings is 1. The summed E-state index contributed by atoms with van der Waals surface area (Å²) in [7, 11) is 1.51. The van der Waals surface area contributed by atoms with Gasteiger partial charge in [-0.1, -0.05) is 20.8 Å². The second kappa shape index (κ2) is 5.40. The van der Waals surface area contributed by atoms with E-state index in [9.17, 15) is 9.90 Å². The van der Waals surface area contributed by atoms with Crippen molar-refractivity contribution < 1.29 is 14.6 Å². The maximum Gasteiger partial charge on any atom is 0.167 e. The minimum Gasteiger partial charge on any atom is -0.508 e. The smallest absolute Gasteiger partial charge is 0.167 e. The van der Waals surface area contributed by atoms with E-state index in [-0.39, 0.29) is 29.9 Å². The van der Waals surface area contributed by atoms with E-state index < -0.39 is 0 Å². The lowest BCUT2D eigenvalue weighted by Crippen LogP contribution is -2.14. The van der Waals surface area contributed by atoms with Crippen LogP contribution in [-0.4, -0.2) is 24.5 Å². The lowest BCUT2D eigenvalue weighted by molar-refractivity contribution is 0.0982.